The molecule has 2 aromatic carbocycles. The molecule has 1 N–H and O–H groups in total. The monoisotopic (exact) mass is 490 g/mol. The number of para-hydroxylation sites is 2. The van der Waals surface area contributed by atoms with Gasteiger partial charge in [0, 0.05) is 17.0 Å². The van der Waals surface area contributed by atoms with Gasteiger partial charge in [-0.1, -0.05) is 29.4 Å². The van der Waals surface area contributed by atoms with E-state index < -0.39 is 23.5 Å². The van der Waals surface area contributed by atoms with Gasteiger partial charge in [0.25, 0.3) is 5.91 Å². The molecule has 0 aliphatic carbocycles. The van der Waals surface area contributed by atoms with Gasteiger partial charge in [0.15, 0.2) is 40.2 Å². The van der Waals surface area contributed by atoms with Crippen LogP contribution in [0, 0.1) is 6.92 Å². The summed E-state index contributed by atoms with van der Waals surface area (Å²) in [6, 6.07) is 12.2. The number of amides is 1. The summed E-state index contributed by atoms with van der Waals surface area (Å²) >= 11 is 0. The number of anilines is 1. The average molecular weight is 490 g/mol. The maximum atomic E-state index is 13.8. The fourth-order valence-corrected chi connectivity index (χ4v) is 4.40. The molecule has 10 heteroatoms. The number of ketones is 1. The third-order valence-corrected chi connectivity index (χ3v) is 5.99. The van der Waals surface area contributed by atoms with Crippen molar-refractivity contribution in [3.63, 3.8) is 0 Å². The summed E-state index contributed by atoms with van der Waals surface area (Å²) in [5, 5.41) is 15.6. The van der Waals surface area contributed by atoms with Crippen molar-refractivity contribution in [2.45, 2.75) is 13.0 Å². The Balaban J connectivity index is 1.71. The molecule has 10 nitrogen and oxygen atoms in total. The first-order valence-electron chi connectivity index (χ1n) is 10.9. The van der Waals surface area contributed by atoms with Crippen molar-refractivity contribution in [2.75, 3.05) is 26.2 Å². The predicted octanol–water partition coefficient (Wildman–Crippen LogP) is 4.54. The fourth-order valence-electron chi connectivity index (χ4n) is 4.40. The highest BCUT2D eigenvalue weighted by Crippen LogP contribution is 2.47. The van der Waals surface area contributed by atoms with Gasteiger partial charge in [-0.15, -0.1) is 0 Å². The quantitative estimate of drug-likeness (QED) is 0.372. The lowest BCUT2D eigenvalue weighted by Crippen LogP contribution is -2.31. The zero-order chi connectivity index (χ0) is 25.6. The highest BCUT2D eigenvalue weighted by atomic mass is 16.5. The minimum absolute atomic E-state index is 0.0751. The molecule has 1 amide bonds. The van der Waals surface area contributed by atoms with E-state index >= 15 is 0 Å². The maximum absolute atomic E-state index is 13.8. The van der Waals surface area contributed by atoms with Crippen LogP contribution in [-0.4, -0.2) is 43.3 Å². The van der Waals surface area contributed by atoms with Crippen LogP contribution in [0.1, 0.15) is 27.9 Å². The molecule has 3 heterocycles. The van der Waals surface area contributed by atoms with E-state index in [1.54, 1.807) is 43.3 Å². The normalized spacial score (nSPS) is 15.6. The Hall–Kier alpha value is -4.73. The van der Waals surface area contributed by atoms with Gasteiger partial charge in [-0.2, -0.15) is 0 Å². The van der Waals surface area contributed by atoms with Gasteiger partial charge in [-0.3, -0.25) is 14.5 Å². The van der Waals surface area contributed by atoms with Crippen LogP contribution >= 0.6 is 0 Å². The van der Waals surface area contributed by atoms with Gasteiger partial charge in [0.05, 0.1) is 26.9 Å². The number of furan rings is 1. The molecule has 2 aromatic heterocycles. The van der Waals surface area contributed by atoms with E-state index in [2.05, 4.69) is 5.16 Å². The van der Waals surface area contributed by atoms with Crippen molar-refractivity contribution < 1.29 is 37.8 Å². The molecule has 4 aromatic rings. The molecule has 5 rings (SSSR count). The number of carbonyl (C=O) groups is 2. The first-order chi connectivity index (χ1) is 17.4. The van der Waals surface area contributed by atoms with E-state index in [-0.39, 0.29) is 22.9 Å². The average Bonchev–Trinajstić information content (AvgIpc) is 3.59. The first-order valence-corrected chi connectivity index (χ1v) is 10.9. The number of methoxy groups -OCH3 is 3. The third-order valence-electron chi connectivity index (χ3n) is 5.99. The number of ether oxygens (including phenoxy) is 3. The van der Waals surface area contributed by atoms with Crippen molar-refractivity contribution in [2.24, 2.45) is 0 Å². The number of benzene rings is 2. The van der Waals surface area contributed by atoms with Crippen LogP contribution in [0.2, 0.25) is 0 Å². The predicted molar refractivity (Wildman–Crippen MR) is 128 cm³/mol. The van der Waals surface area contributed by atoms with E-state index in [1.165, 1.54) is 38.4 Å². The number of aliphatic hydroxyl groups is 1. The van der Waals surface area contributed by atoms with Crippen molar-refractivity contribution in [1.29, 1.82) is 0 Å². The van der Waals surface area contributed by atoms with Crippen LogP contribution in [0.25, 0.3) is 11.0 Å². The maximum Gasteiger partial charge on any atom is 0.295 e. The summed E-state index contributed by atoms with van der Waals surface area (Å²) in [5.74, 6) is -0.646. The Labute approximate surface area is 205 Å². The first kappa shape index (κ1) is 23.0. The lowest BCUT2D eigenvalue weighted by molar-refractivity contribution is -0.117. The minimum atomic E-state index is -1.12. The SMILES string of the molecule is COc1cccc([C@@H]2C(C(=O)c3cc4cccc(OC)c4o3)=C(O)C(=O)N2c2cc(C)on2)c1OC. The second-order valence-corrected chi connectivity index (χ2v) is 8.04. The van der Waals surface area contributed by atoms with Gasteiger partial charge in [-0.05, 0) is 25.1 Å². The Bertz CT molecular complexity index is 1530. The highest BCUT2D eigenvalue weighted by Gasteiger charge is 2.48. The number of Topliss-reactive ketones (excluding diaryl/α,β-unsaturated/α-hetero) is 1. The Morgan fingerprint density at radius 1 is 1.03 bits per heavy atom. The van der Waals surface area contributed by atoms with Crippen LogP contribution in [0.5, 0.6) is 17.2 Å². The zero-order valence-corrected chi connectivity index (χ0v) is 19.9. The molecule has 0 saturated carbocycles. The van der Waals surface area contributed by atoms with Crippen molar-refractivity contribution in [3.05, 3.63) is 76.9 Å². The second kappa shape index (κ2) is 8.81. The van der Waals surface area contributed by atoms with E-state index in [0.717, 1.165) is 0 Å². The van der Waals surface area contributed by atoms with E-state index in [9.17, 15) is 14.7 Å². The largest absolute Gasteiger partial charge is 0.503 e. The molecular formula is C26H22N2O8. The van der Waals surface area contributed by atoms with Crippen molar-refractivity contribution in [1.82, 2.24) is 5.16 Å². The number of rotatable bonds is 7. The summed E-state index contributed by atoms with van der Waals surface area (Å²) in [4.78, 5) is 28.4. The second-order valence-electron chi connectivity index (χ2n) is 8.04. The molecule has 184 valence electrons. The lowest BCUT2D eigenvalue weighted by Gasteiger charge is -2.26. The topological polar surface area (TPSA) is 124 Å². The molecule has 1 atom stereocenters. The molecule has 1 aliphatic heterocycles. The number of hydrogen-bond donors (Lipinski definition) is 1. The van der Waals surface area contributed by atoms with Crippen LogP contribution in [-0.2, 0) is 4.79 Å². The van der Waals surface area contributed by atoms with E-state index in [0.29, 0.717) is 33.8 Å². The third kappa shape index (κ3) is 3.46. The molecule has 36 heavy (non-hydrogen) atoms. The van der Waals surface area contributed by atoms with Gasteiger partial charge < -0.3 is 28.3 Å². The standard InChI is InChI=1S/C26H22N2O8/c1-13-11-19(27-36-13)28-21(15-8-6-10-17(33-3)25(15)34-4)20(23(30)26(28)31)22(29)18-12-14-7-5-9-16(32-2)24(14)35-18/h5-12,21,30H,1-4H3/t21-/m1/s1. The fraction of sp³-hybridized carbons (Fsp3) is 0.192. The smallest absolute Gasteiger partial charge is 0.295 e. The van der Waals surface area contributed by atoms with Crippen LogP contribution < -0.4 is 19.1 Å². The summed E-state index contributed by atoms with van der Waals surface area (Å²) in [7, 11) is 4.41. The van der Waals surface area contributed by atoms with Gasteiger partial charge >= 0.3 is 0 Å². The Morgan fingerprint density at radius 2 is 1.75 bits per heavy atom. The zero-order valence-electron chi connectivity index (χ0n) is 19.9. The lowest BCUT2D eigenvalue weighted by atomic mass is 9.94. The number of fused-ring (bicyclic) bond motifs is 1. The molecular weight excluding hydrogens is 468 g/mol. The summed E-state index contributed by atoms with van der Waals surface area (Å²) in [6.07, 6.45) is 0. The number of aryl methyl sites for hydroxylation is 1. The van der Waals surface area contributed by atoms with Gasteiger partial charge in [-0.25, -0.2) is 0 Å². The van der Waals surface area contributed by atoms with Crippen LogP contribution in [0.4, 0.5) is 5.82 Å². The number of aliphatic hydroxyl groups excluding tert-OH is 1. The molecule has 0 bridgehead atoms. The van der Waals surface area contributed by atoms with Crippen molar-refractivity contribution in [3.8, 4) is 17.2 Å². The number of nitrogens with zero attached hydrogens (tertiary/aromatic N) is 2. The summed E-state index contributed by atoms with van der Waals surface area (Å²) in [6.45, 7) is 1.67. The number of hydrogen-bond acceptors (Lipinski definition) is 9. The molecule has 0 unspecified atom stereocenters. The van der Waals surface area contributed by atoms with E-state index in [1.807, 2.05) is 0 Å². The molecule has 0 radical (unpaired) electrons. The Kier molecular flexibility index (Phi) is 5.63. The van der Waals surface area contributed by atoms with Crippen molar-refractivity contribution >= 4 is 28.5 Å². The molecule has 0 spiro atoms. The van der Waals surface area contributed by atoms with E-state index in [4.69, 9.17) is 23.2 Å². The molecule has 0 saturated heterocycles. The van der Waals surface area contributed by atoms with Crippen LogP contribution in [0.3, 0.4) is 0 Å². The highest BCUT2D eigenvalue weighted by molar-refractivity contribution is 6.20. The van der Waals surface area contributed by atoms with Crippen LogP contribution in [0.15, 0.2) is 68.8 Å². The minimum Gasteiger partial charge on any atom is -0.503 e. The number of aromatic nitrogens is 1. The van der Waals surface area contributed by atoms with Gasteiger partial charge in [0.1, 0.15) is 11.8 Å². The summed E-state index contributed by atoms with van der Waals surface area (Å²) < 4.78 is 27.4. The van der Waals surface area contributed by atoms with Gasteiger partial charge in [0.2, 0.25) is 5.78 Å². The molecule has 0 fully saturated rings. The molecule has 1 aliphatic rings. The summed E-state index contributed by atoms with van der Waals surface area (Å²) in [5.41, 5.74) is 0.560. The number of carbonyl (C=O) groups excluding carboxylic acids is 2. The Morgan fingerprint density at radius 3 is 2.42 bits per heavy atom.